The number of rotatable bonds is 8. The molecule has 4 aromatic rings. The van der Waals surface area contributed by atoms with Gasteiger partial charge < -0.3 is 27.8 Å². The van der Waals surface area contributed by atoms with Gasteiger partial charge in [-0.3, -0.25) is 4.79 Å². The van der Waals surface area contributed by atoms with Gasteiger partial charge in [0.05, 0.1) is 12.8 Å². The first-order valence-corrected chi connectivity index (χ1v) is 11.5. The van der Waals surface area contributed by atoms with E-state index in [1.165, 1.54) is 0 Å². The average Bonchev–Trinajstić information content (AvgIpc) is 3.64. The molecule has 0 aliphatic carbocycles. The highest BCUT2D eigenvalue weighted by molar-refractivity contribution is 5.92. The van der Waals surface area contributed by atoms with Crippen LogP contribution in [0.15, 0.2) is 57.6 Å². The molecule has 1 amide bonds. The highest BCUT2D eigenvalue weighted by Gasteiger charge is 2.18. The Balaban J connectivity index is 1.32. The van der Waals surface area contributed by atoms with E-state index in [9.17, 15) is 4.79 Å². The van der Waals surface area contributed by atoms with E-state index in [1.807, 2.05) is 45.0 Å². The number of hydrogen-bond acceptors (Lipinski definition) is 7. The SMILES string of the molecule is CCCN(Cc1nnc(-c2ccco2)o1)C(=O)C=Cc1cc(C)n(-c2ccc3c(c2)OCO3)c1C. The molecule has 0 spiro atoms. The standard InChI is InChI=1S/C26H26N4O5/c1-4-11-29(15-24-27-28-26(35-24)22-6-5-12-32-22)25(31)10-7-19-13-17(2)30(18(19)3)20-8-9-21-23(14-20)34-16-33-21/h5-10,12-14H,4,11,15-16H2,1-3H3. The summed E-state index contributed by atoms with van der Waals surface area (Å²) in [6.45, 7) is 7.11. The van der Waals surface area contributed by atoms with Crippen molar-refractivity contribution >= 4 is 12.0 Å². The lowest BCUT2D eigenvalue weighted by Crippen LogP contribution is -2.29. The second kappa shape index (κ2) is 9.54. The van der Waals surface area contributed by atoms with E-state index in [-0.39, 0.29) is 19.2 Å². The molecule has 5 rings (SSSR count). The lowest BCUT2D eigenvalue weighted by Gasteiger charge is -2.18. The predicted octanol–water partition coefficient (Wildman–Crippen LogP) is 4.92. The quantitative estimate of drug-likeness (QED) is 0.335. The monoisotopic (exact) mass is 474 g/mol. The molecule has 3 aromatic heterocycles. The summed E-state index contributed by atoms with van der Waals surface area (Å²) in [5, 5.41) is 8.08. The predicted molar refractivity (Wildman–Crippen MR) is 128 cm³/mol. The van der Waals surface area contributed by atoms with Crippen LogP contribution in [0.25, 0.3) is 23.4 Å². The third-order valence-corrected chi connectivity index (χ3v) is 5.82. The van der Waals surface area contributed by atoms with Crippen molar-refractivity contribution in [2.45, 2.75) is 33.7 Å². The summed E-state index contributed by atoms with van der Waals surface area (Å²) in [5.74, 6) is 2.49. The molecular formula is C26H26N4O5. The van der Waals surface area contributed by atoms with Gasteiger partial charge in [0.25, 0.3) is 5.89 Å². The van der Waals surface area contributed by atoms with Crippen LogP contribution in [-0.4, -0.2) is 38.9 Å². The summed E-state index contributed by atoms with van der Waals surface area (Å²) in [4.78, 5) is 14.7. The first-order chi connectivity index (χ1) is 17.0. The lowest BCUT2D eigenvalue weighted by atomic mass is 10.2. The van der Waals surface area contributed by atoms with E-state index in [2.05, 4.69) is 20.8 Å². The van der Waals surface area contributed by atoms with E-state index >= 15 is 0 Å². The van der Waals surface area contributed by atoms with E-state index < -0.39 is 0 Å². The molecule has 1 aromatic carbocycles. The molecule has 0 unspecified atom stereocenters. The third kappa shape index (κ3) is 4.57. The molecule has 0 fully saturated rings. The summed E-state index contributed by atoms with van der Waals surface area (Å²) in [7, 11) is 0. The Labute approximate surface area is 202 Å². The van der Waals surface area contributed by atoms with Gasteiger partial charge in [-0.05, 0) is 62.2 Å². The van der Waals surface area contributed by atoms with Gasteiger partial charge in [0.15, 0.2) is 17.3 Å². The number of benzene rings is 1. The van der Waals surface area contributed by atoms with Crippen LogP contribution < -0.4 is 9.47 Å². The zero-order chi connectivity index (χ0) is 24.4. The Morgan fingerprint density at radius 3 is 2.80 bits per heavy atom. The van der Waals surface area contributed by atoms with E-state index in [0.29, 0.717) is 24.1 Å². The Morgan fingerprint density at radius 1 is 1.14 bits per heavy atom. The van der Waals surface area contributed by atoms with Gasteiger partial charge >= 0.3 is 0 Å². The third-order valence-electron chi connectivity index (χ3n) is 5.82. The van der Waals surface area contributed by atoms with Gasteiger partial charge in [0.2, 0.25) is 18.6 Å². The van der Waals surface area contributed by atoms with Crippen LogP contribution in [-0.2, 0) is 11.3 Å². The first-order valence-electron chi connectivity index (χ1n) is 11.5. The number of ether oxygens (including phenoxy) is 2. The van der Waals surface area contributed by atoms with Gasteiger partial charge in [0.1, 0.15) is 0 Å². The van der Waals surface area contributed by atoms with Crippen LogP contribution in [0.3, 0.4) is 0 Å². The molecule has 0 atom stereocenters. The van der Waals surface area contributed by atoms with Gasteiger partial charge in [-0.15, -0.1) is 10.2 Å². The van der Waals surface area contributed by atoms with Crippen molar-refractivity contribution in [2.24, 2.45) is 0 Å². The number of furan rings is 1. The zero-order valence-electron chi connectivity index (χ0n) is 19.9. The maximum Gasteiger partial charge on any atom is 0.283 e. The normalized spacial score (nSPS) is 12.5. The second-order valence-corrected chi connectivity index (χ2v) is 8.27. The van der Waals surface area contributed by atoms with Crippen molar-refractivity contribution in [3.05, 3.63) is 71.6 Å². The minimum atomic E-state index is -0.127. The fraction of sp³-hybridized carbons (Fsp3) is 0.269. The van der Waals surface area contributed by atoms with Crippen molar-refractivity contribution in [1.82, 2.24) is 19.7 Å². The van der Waals surface area contributed by atoms with Crippen molar-refractivity contribution in [2.75, 3.05) is 13.3 Å². The minimum absolute atomic E-state index is 0.127. The highest BCUT2D eigenvalue weighted by atomic mass is 16.7. The minimum Gasteiger partial charge on any atom is -0.459 e. The summed E-state index contributed by atoms with van der Waals surface area (Å²) in [6, 6.07) is 11.4. The van der Waals surface area contributed by atoms with Gasteiger partial charge in [-0.2, -0.15) is 0 Å². The molecule has 0 saturated carbocycles. The molecule has 180 valence electrons. The Bertz CT molecular complexity index is 1370. The number of amides is 1. The Hall–Kier alpha value is -4.27. The number of aromatic nitrogens is 3. The highest BCUT2D eigenvalue weighted by Crippen LogP contribution is 2.35. The van der Waals surface area contributed by atoms with E-state index in [0.717, 1.165) is 40.6 Å². The number of fused-ring (bicyclic) bond motifs is 1. The zero-order valence-corrected chi connectivity index (χ0v) is 19.9. The Kier molecular flexibility index (Phi) is 6.13. The molecule has 0 radical (unpaired) electrons. The molecule has 0 N–H and O–H groups in total. The maximum absolute atomic E-state index is 13.0. The van der Waals surface area contributed by atoms with Crippen molar-refractivity contribution < 1.29 is 23.1 Å². The first kappa shape index (κ1) is 22.5. The van der Waals surface area contributed by atoms with Crippen LogP contribution in [0.2, 0.25) is 0 Å². The second-order valence-electron chi connectivity index (χ2n) is 8.27. The van der Waals surface area contributed by atoms with E-state index in [1.54, 1.807) is 29.4 Å². The number of carbonyl (C=O) groups is 1. The van der Waals surface area contributed by atoms with Crippen LogP contribution in [0.4, 0.5) is 0 Å². The lowest BCUT2D eigenvalue weighted by molar-refractivity contribution is -0.126. The topological polar surface area (TPSA) is 95.8 Å². The molecule has 0 bridgehead atoms. The average molecular weight is 475 g/mol. The Morgan fingerprint density at radius 2 is 2.00 bits per heavy atom. The fourth-order valence-corrected chi connectivity index (χ4v) is 4.16. The van der Waals surface area contributed by atoms with Crippen LogP contribution >= 0.6 is 0 Å². The van der Waals surface area contributed by atoms with Crippen LogP contribution in [0.5, 0.6) is 11.5 Å². The summed E-state index contributed by atoms with van der Waals surface area (Å²) >= 11 is 0. The maximum atomic E-state index is 13.0. The summed E-state index contributed by atoms with van der Waals surface area (Å²) < 4.78 is 24.0. The molecule has 1 aliphatic rings. The fourth-order valence-electron chi connectivity index (χ4n) is 4.16. The molecule has 9 heteroatoms. The number of nitrogens with zero attached hydrogens (tertiary/aromatic N) is 4. The van der Waals surface area contributed by atoms with E-state index in [4.69, 9.17) is 18.3 Å². The largest absolute Gasteiger partial charge is 0.459 e. The molecule has 1 aliphatic heterocycles. The molecule has 35 heavy (non-hydrogen) atoms. The van der Waals surface area contributed by atoms with Gasteiger partial charge in [0, 0.05) is 35.8 Å². The number of aryl methyl sites for hydroxylation is 1. The van der Waals surface area contributed by atoms with Crippen molar-refractivity contribution in [3.8, 4) is 28.8 Å². The molecular weight excluding hydrogens is 448 g/mol. The van der Waals surface area contributed by atoms with Gasteiger partial charge in [-0.1, -0.05) is 6.92 Å². The number of carbonyl (C=O) groups excluding carboxylic acids is 1. The van der Waals surface area contributed by atoms with Crippen LogP contribution in [0, 0.1) is 13.8 Å². The summed E-state index contributed by atoms with van der Waals surface area (Å²) in [6.07, 6.45) is 5.78. The molecule has 0 saturated heterocycles. The smallest absolute Gasteiger partial charge is 0.283 e. The summed E-state index contributed by atoms with van der Waals surface area (Å²) in [5.41, 5.74) is 4.01. The van der Waals surface area contributed by atoms with Crippen LogP contribution in [0.1, 0.15) is 36.2 Å². The molecule has 9 nitrogen and oxygen atoms in total. The van der Waals surface area contributed by atoms with Gasteiger partial charge in [-0.25, -0.2) is 0 Å². The number of hydrogen-bond donors (Lipinski definition) is 0. The van der Waals surface area contributed by atoms with Crippen molar-refractivity contribution in [1.29, 1.82) is 0 Å². The van der Waals surface area contributed by atoms with Crippen molar-refractivity contribution in [3.63, 3.8) is 0 Å². The molecule has 4 heterocycles.